The molecule has 5 rings (SSSR count). The highest BCUT2D eigenvalue weighted by Gasteiger charge is 2.22. The van der Waals surface area contributed by atoms with Crippen molar-refractivity contribution in [2.24, 2.45) is 5.10 Å². The zero-order valence-corrected chi connectivity index (χ0v) is 21.9. The SMILES string of the molecule is Cc1cccc(COc2cc(N(C)C)ccc2C=Nn2c(C3CCCCC3)nc3ccccc3c2=O)c1. The van der Waals surface area contributed by atoms with Crippen LogP contribution in [0.5, 0.6) is 5.75 Å². The van der Waals surface area contributed by atoms with Crippen LogP contribution in [0.3, 0.4) is 0 Å². The van der Waals surface area contributed by atoms with E-state index in [1.165, 1.54) is 16.7 Å². The van der Waals surface area contributed by atoms with Gasteiger partial charge in [0.15, 0.2) is 0 Å². The van der Waals surface area contributed by atoms with Crippen molar-refractivity contribution in [3.63, 3.8) is 0 Å². The molecule has 190 valence electrons. The first-order valence-electron chi connectivity index (χ1n) is 13.1. The van der Waals surface area contributed by atoms with Gasteiger partial charge in [-0.15, -0.1) is 0 Å². The zero-order valence-electron chi connectivity index (χ0n) is 21.9. The van der Waals surface area contributed by atoms with Gasteiger partial charge < -0.3 is 9.64 Å². The van der Waals surface area contributed by atoms with Crippen molar-refractivity contribution in [2.45, 2.75) is 51.6 Å². The molecule has 1 aliphatic rings. The lowest BCUT2D eigenvalue weighted by Crippen LogP contribution is -2.25. The Morgan fingerprint density at radius 3 is 2.62 bits per heavy atom. The second-order valence-corrected chi connectivity index (χ2v) is 10.1. The van der Waals surface area contributed by atoms with Crippen LogP contribution in [0, 0.1) is 6.92 Å². The Morgan fingerprint density at radius 2 is 1.84 bits per heavy atom. The second-order valence-electron chi connectivity index (χ2n) is 10.1. The fourth-order valence-corrected chi connectivity index (χ4v) is 4.99. The van der Waals surface area contributed by atoms with Crippen LogP contribution < -0.4 is 15.2 Å². The number of benzene rings is 3. The first-order valence-corrected chi connectivity index (χ1v) is 13.1. The molecule has 0 atom stereocenters. The third-order valence-electron chi connectivity index (χ3n) is 7.05. The Balaban J connectivity index is 1.54. The van der Waals surface area contributed by atoms with E-state index in [9.17, 15) is 4.79 Å². The van der Waals surface area contributed by atoms with Gasteiger partial charge in [-0.1, -0.05) is 61.2 Å². The van der Waals surface area contributed by atoms with Crippen molar-refractivity contribution < 1.29 is 4.74 Å². The third kappa shape index (κ3) is 5.58. The highest BCUT2D eigenvalue weighted by molar-refractivity contribution is 5.85. The molecule has 0 saturated heterocycles. The van der Waals surface area contributed by atoms with E-state index in [0.29, 0.717) is 12.0 Å². The zero-order chi connectivity index (χ0) is 25.8. The summed E-state index contributed by atoms with van der Waals surface area (Å²) in [4.78, 5) is 20.5. The number of aryl methyl sites for hydroxylation is 1. The number of fused-ring (bicyclic) bond motifs is 1. The van der Waals surface area contributed by atoms with Gasteiger partial charge in [0.2, 0.25) is 0 Å². The molecule has 37 heavy (non-hydrogen) atoms. The highest BCUT2D eigenvalue weighted by atomic mass is 16.5. The minimum atomic E-state index is -0.130. The number of aromatic nitrogens is 2. The van der Waals surface area contributed by atoms with Crippen molar-refractivity contribution in [3.05, 3.63) is 99.6 Å². The van der Waals surface area contributed by atoms with Crippen molar-refractivity contribution in [3.8, 4) is 5.75 Å². The van der Waals surface area contributed by atoms with Crippen molar-refractivity contribution in [1.29, 1.82) is 0 Å². The minimum absolute atomic E-state index is 0.130. The summed E-state index contributed by atoms with van der Waals surface area (Å²) in [5.41, 5.74) is 4.75. The van der Waals surface area contributed by atoms with Crippen LogP contribution in [0.1, 0.15) is 60.5 Å². The van der Waals surface area contributed by atoms with Gasteiger partial charge in [-0.2, -0.15) is 9.78 Å². The van der Waals surface area contributed by atoms with Gasteiger partial charge in [0.1, 0.15) is 18.2 Å². The van der Waals surface area contributed by atoms with E-state index in [1.54, 1.807) is 6.21 Å². The molecule has 0 bridgehead atoms. The number of anilines is 1. The number of ether oxygens (including phenoxy) is 1. The lowest BCUT2D eigenvalue weighted by molar-refractivity contribution is 0.306. The maximum absolute atomic E-state index is 13.6. The van der Waals surface area contributed by atoms with Crippen LogP contribution >= 0.6 is 0 Å². The number of nitrogens with zero attached hydrogens (tertiary/aromatic N) is 4. The van der Waals surface area contributed by atoms with Gasteiger partial charge in [-0.25, -0.2) is 4.98 Å². The molecule has 1 saturated carbocycles. The molecular weight excluding hydrogens is 460 g/mol. The number of hydrogen-bond donors (Lipinski definition) is 0. The second kappa shape index (κ2) is 11.0. The van der Waals surface area contributed by atoms with Crippen LogP contribution in [0.15, 0.2) is 76.6 Å². The van der Waals surface area contributed by atoms with Crippen LogP contribution in [0.25, 0.3) is 10.9 Å². The van der Waals surface area contributed by atoms with Gasteiger partial charge in [0.25, 0.3) is 5.56 Å². The summed E-state index contributed by atoms with van der Waals surface area (Å²) in [5, 5.41) is 5.31. The summed E-state index contributed by atoms with van der Waals surface area (Å²) in [7, 11) is 4.01. The molecule has 0 unspecified atom stereocenters. The molecule has 0 aliphatic heterocycles. The molecule has 1 heterocycles. The maximum Gasteiger partial charge on any atom is 0.282 e. The quantitative estimate of drug-likeness (QED) is 0.284. The average Bonchev–Trinajstić information content (AvgIpc) is 2.92. The van der Waals surface area contributed by atoms with E-state index < -0.39 is 0 Å². The predicted octanol–water partition coefficient (Wildman–Crippen LogP) is 6.28. The molecule has 1 aliphatic carbocycles. The van der Waals surface area contributed by atoms with E-state index in [1.807, 2.05) is 67.5 Å². The first-order chi connectivity index (χ1) is 18.0. The van der Waals surface area contributed by atoms with E-state index in [-0.39, 0.29) is 11.5 Å². The lowest BCUT2D eigenvalue weighted by Gasteiger charge is -2.22. The molecule has 0 spiro atoms. The summed E-state index contributed by atoms with van der Waals surface area (Å²) in [6.07, 6.45) is 7.33. The van der Waals surface area contributed by atoms with E-state index in [0.717, 1.165) is 59.6 Å². The van der Waals surface area contributed by atoms with Gasteiger partial charge in [-0.05, 0) is 49.6 Å². The Bertz CT molecular complexity index is 1480. The molecule has 6 nitrogen and oxygen atoms in total. The van der Waals surface area contributed by atoms with Crippen molar-refractivity contribution in [2.75, 3.05) is 19.0 Å². The van der Waals surface area contributed by atoms with Gasteiger partial charge in [0, 0.05) is 37.3 Å². The monoisotopic (exact) mass is 494 g/mol. The molecule has 1 aromatic heterocycles. The van der Waals surface area contributed by atoms with Crippen LogP contribution in [0.4, 0.5) is 5.69 Å². The third-order valence-corrected chi connectivity index (χ3v) is 7.05. The van der Waals surface area contributed by atoms with Crippen molar-refractivity contribution >= 4 is 22.8 Å². The largest absolute Gasteiger partial charge is 0.488 e. The topological polar surface area (TPSA) is 59.7 Å². The molecule has 0 radical (unpaired) electrons. The highest BCUT2D eigenvalue weighted by Crippen LogP contribution is 2.32. The van der Waals surface area contributed by atoms with Crippen LogP contribution in [0.2, 0.25) is 0 Å². The van der Waals surface area contributed by atoms with Gasteiger partial charge in [0.05, 0.1) is 17.1 Å². The molecular formula is C31H34N4O2. The summed E-state index contributed by atoms with van der Waals surface area (Å²) in [6.45, 7) is 2.53. The minimum Gasteiger partial charge on any atom is -0.488 e. The average molecular weight is 495 g/mol. The fourth-order valence-electron chi connectivity index (χ4n) is 4.99. The Labute approximate surface area is 218 Å². The van der Waals surface area contributed by atoms with E-state index >= 15 is 0 Å². The standard InChI is InChI=1S/C31H34N4O2/c1-22-10-9-11-23(18-22)21-37-29-19-26(34(2)3)17-16-25(29)20-32-35-30(24-12-5-4-6-13-24)33-28-15-8-7-14-27(28)31(35)36/h7-11,14-20,24H,4-6,12-13,21H2,1-3H3. The first kappa shape index (κ1) is 24.8. The van der Waals surface area contributed by atoms with E-state index in [2.05, 4.69) is 25.1 Å². The molecule has 6 heteroatoms. The van der Waals surface area contributed by atoms with Gasteiger partial charge >= 0.3 is 0 Å². The predicted molar refractivity (Wildman–Crippen MR) is 151 cm³/mol. The Kier molecular flexibility index (Phi) is 7.35. The van der Waals surface area contributed by atoms with Crippen LogP contribution in [-0.4, -0.2) is 30.0 Å². The van der Waals surface area contributed by atoms with Gasteiger partial charge in [-0.3, -0.25) is 4.79 Å². The Morgan fingerprint density at radius 1 is 1.03 bits per heavy atom. The molecule has 3 aromatic carbocycles. The number of para-hydroxylation sites is 1. The summed E-state index contributed by atoms with van der Waals surface area (Å²) < 4.78 is 7.80. The molecule has 4 aromatic rings. The number of hydrogen-bond acceptors (Lipinski definition) is 5. The fraction of sp³-hybridized carbons (Fsp3) is 0.323. The smallest absolute Gasteiger partial charge is 0.282 e. The molecule has 0 amide bonds. The lowest BCUT2D eigenvalue weighted by atomic mass is 9.88. The molecule has 0 N–H and O–H groups in total. The van der Waals surface area contributed by atoms with Crippen LogP contribution in [-0.2, 0) is 6.61 Å². The number of rotatable bonds is 7. The maximum atomic E-state index is 13.6. The molecule has 1 fully saturated rings. The summed E-state index contributed by atoms with van der Waals surface area (Å²) >= 11 is 0. The summed E-state index contributed by atoms with van der Waals surface area (Å²) in [5.74, 6) is 1.71. The summed E-state index contributed by atoms with van der Waals surface area (Å²) in [6, 6.07) is 21.9. The Hall–Kier alpha value is -3.93. The van der Waals surface area contributed by atoms with E-state index in [4.69, 9.17) is 14.8 Å². The normalized spacial score (nSPS) is 14.4. The van der Waals surface area contributed by atoms with Crippen molar-refractivity contribution in [1.82, 2.24) is 9.66 Å².